The third-order valence-corrected chi connectivity index (χ3v) is 3.13. The number of hydrogen-bond acceptors (Lipinski definition) is 2. The molecule has 0 aromatic rings. The standard InChI is InChI=1S/C11H22N2O3/c1-5-11(6-2,7-3)13-10(16)12-8(4)9(14)15/h8H,5-7H2,1-4H3,(H,14,15)(H2,12,13,16). The summed E-state index contributed by atoms with van der Waals surface area (Å²) in [5.41, 5.74) is -0.234. The molecule has 0 saturated carbocycles. The molecule has 0 spiro atoms. The van der Waals surface area contributed by atoms with Gasteiger partial charge in [-0.2, -0.15) is 0 Å². The van der Waals surface area contributed by atoms with Gasteiger partial charge in [-0.1, -0.05) is 20.8 Å². The van der Waals surface area contributed by atoms with Gasteiger partial charge in [0.2, 0.25) is 0 Å². The zero-order chi connectivity index (χ0) is 12.8. The molecule has 0 heterocycles. The molecule has 5 nitrogen and oxygen atoms in total. The maximum Gasteiger partial charge on any atom is 0.325 e. The number of amides is 2. The van der Waals surface area contributed by atoms with Gasteiger partial charge in [0.15, 0.2) is 0 Å². The summed E-state index contributed by atoms with van der Waals surface area (Å²) in [5, 5.41) is 13.9. The maximum atomic E-state index is 11.6. The van der Waals surface area contributed by atoms with E-state index in [-0.39, 0.29) is 5.54 Å². The Kier molecular flexibility index (Phi) is 5.85. The first kappa shape index (κ1) is 14.7. The van der Waals surface area contributed by atoms with Gasteiger partial charge in [-0.15, -0.1) is 0 Å². The van der Waals surface area contributed by atoms with Crippen LogP contribution in [-0.2, 0) is 4.79 Å². The van der Waals surface area contributed by atoms with Crippen LogP contribution < -0.4 is 10.6 Å². The van der Waals surface area contributed by atoms with Crippen molar-refractivity contribution < 1.29 is 14.7 Å². The van der Waals surface area contributed by atoms with E-state index in [1.807, 2.05) is 20.8 Å². The molecule has 16 heavy (non-hydrogen) atoms. The van der Waals surface area contributed by atoms with Crippen LogP contribution in [0.4, 0.5) is 4.79 Å². The van der Waals surface area contributed by atoms with Crippen LogP contribution in [0, 0.1) is 0 Å². The summed E-state index contributed by atoms with van der Waals surface area (Å²) in [6.45, 7) is 7.46. The molecule has 0 fully saturated rings. The van der Waals surface area contributed by atoms with Crippen molar-refractivity contribution >= 4 is 12.0 Å². The first-order valence-electron chi connectivity index (χ1n) is 5.72. The average molecular weight is 230 g/mol. The number of urea groups is 1. The summed E-state index contributed by atoms with van der Waals surface area (Å²) in [6.07, 6.45) is 2.48. The third kappa shape index (κ3) is 4.08. The SMILES string of the molecule is CCC(CC)(CC)NC(=O)NC(C)C(=O)O. The molecule has 0 bridgehead atoms. The fourth-order valence-electron chi connectivity index (χ4n) is 1.55. The van der Waals surface area contributed by atoms with Crippen LogP contribution in [0.3, 0.4) is 0 Å². The van der Waals surface area contributed by atoms with Crippen molar-refractivity contribution in [3.05, 3.63) is 0 Å². The van der Waals surface area contributed by atoms with Crippen LogP contribution >= 0.6 is 0 Å². The number of carboxylic acid groups (broad SMARTS) is 1. The van der Waals surface area contributed by atoms with Crippen molar-refractivity contribution in [1.29, 1.82) is 0 Å². The Labute approximate surface area is 96.6 Å². The normalized spacial score (nSPS) is 13.0. The fraction of sp³-hybridized carbons (Fsp3) is 0.818. The summed E-state index contributed by atoms with van der Waals surface area (Å²) in [5.74, 6) is -1.04. The molecule has 1 unspecified atom stereocenters. The fourth-order valence-corrected chi connectivity index (χ4v) is 1.55. The van der Waals surface area contributed by atoms with Gasteiger partial charge in [0, 0.05) is 5.54 Å². The molecular formula is C11H22N2O3. The molecule has 3 N–H and O–H groups in total. The first-order chi connectivity index (χ1) is 7.40. The Balaban J connectivity index is 4.36. The van der Waals surface area contributed by atoms with Crippen molar-refractivity contribution in [3.63, 3.8) is 0 Å². The van der Waals surface area contributed by atoms with Crippen LogP contribution in [0.25, 0.3) is 0 Å². The van der Waals surface area contributed by atoms with Crippen LogP contribution in [0.1, 0.15) is 47.0 Å². The molecule has 0 radical (unpaired) electrons. The monoisotopic (exact) mass is 230 g/mol. The molecule has 0 aromatic carbocycles. The van der Waals surface area contributed by atoms with Crippen molar-refractivity contribution in [3.8, 4) is 0 Å². The molecule has 2 amide bonds. The van der Waals surface area contributed by atoms with Crippen molar-refractivity contribution in [1.82, 2.24) is 10.6 Å². The zero-order valence-corrected chi connectivity index (χ0v) is 10.5. The maximum absolute atomic E-state index is 11.6. The number of rotatable bonds is 6. The van der Waals surface area contributed by atoms with E-state index in [0.29, 0.717) is 0 Å². The summed E-state index contributed by atoms with van der Waals surface area (Å²) in [6, 6.07) is -1.29. The van der Waals surface area contributed by atoms with Gasteiger partial charge in [0.1, 0.15) is 6.04 Å². The first-order valence-corrected chi connectivity index (χ1v) is 5.72. The molecule has 0 saturated heterocycles. The minimum Gasteiger partial charge on any atom is -0.480 e. The smallest absolute Gasteiger partial charge is 0.325 e. The van der Waals surface area contributed by atoms with Gasteiger partial charge < -0.3 is 15.7 Å². The minimum atomic E-state index is -1.04. The number of carbonyl (C=O) groups excluding carboxylic acids is 1. The van der Waals surface area contributed by atoms with Crippen LogP contribution in [-0.4, -0.2) is 28.7 Å². The Hall–Kier alpha value is -1.26. The summed E-state index contributed by atoms with van der Waals surface area (Å²) in [4.78, 5) is 22.1. The summed E-state index contributed by atoms with van der Waals surface area (Å²) < 4.78 is 0. The predicted octanol–water partition coefficient (Wildman–Crippen LogP) is 1.73. The molecule has 1 atom stereocenters. The largest absolute Gasteiger partial charge is 0.480 e. The van der Waals surface area contributed by atoms with E-state index in [4.69, 9.17) is 5.11 Å². The highest BCUT2D eigenvalue weighted by Gasteiger charge is 2.26. The van der Waals surface area contributed by atoms with Crippen LogP contribution in [0.15, 0.2) is 0 Å². The highest BCUT2D eigenvalue weighted by atomic mass is 16.4. The quantitative estimate of drug-likeness (QED) is 0.650. The Morgan fingerprint density at radius 1 is 1.19 bits per heavy atom. The van der Waals surface area contributed by atoms with Gasteiger partial charge in [-0.3, -0.25) is 4.79 Å². The van der Waals surface area contributed by atoms with Gasteiger partial charge in [-0.25, -0.2) is 4.79 Å². The Bertz CT molecular complexity index is 241. The lowest BCUT2D eigenvalue weighted by molar-refractivity contribution is -0.138. The van der Waals surface area contributed by atoms with E-state index in [1.54, 1.807) is 0 Å². The molecule has 0 aliphatic rings. The van der Waals surface area contributed by atoms with Crippen LogP contribution in [0.5, 0.6) is 0 Å². The molecule has 0 aliphatic heterocycles. The lowest BCUT2D eigenvalue weighted by Gasteiger charge is -2.32. The summed E-state index contributed by atoms with van der Waals surface area (Å²) in [7, 11) is 0. The van der Waals surface area contributed by atoms with Crippen molar-refractivity contribution in [2.24, 2.45) is 0 Å². The molecule has 5 heteroatoms. The van der Waals surface area contributed by atoms with E-state index >= 15 is 0 Å². The lowest BCUT2D eigenvalue weighted by atomic mass is 9.90. The van der Waals surface area contributed by atoms with Gasteiger partial charge in [0.25, 0.3) is 0 Å². The number of aliphatic carboxylic acids is 1. The number of nitrogens with one attached hydrogen (secondary N) is 2. The molecule has 0 aliphatic carbocycles. The second kappa shape index (κ2) is 6.35. The highest BCUT2D eigenvalue weighted by molar-refractivity contribution is 5.82. The molecule has 0 aromatic heterocycles. The van der Waals surface area contributed by atoms with Crippen molar-refractivity contribution in [2.45, 2.75) is 58.5 Å². The zero-order valence-electron chi connectivity index (χ0n) is 10.5. The molecule has 94 valence electrons. The van der Waals surface area contributed by atoms with E-state index < -0.39 is 18.0 Å². The number of carboxylic acids is 1. The highest BCUT2D eigenvalue weighted by Crippen LogP contribution is 2.18. The predicted molar refractivity (Wildman–Crippen MR) is 62.4 cm³/mol. The topological polar surface area (TPSA) is 78.4 Å². The van der Waals surface area contributed by atoms with Gasteiger partial charge in [0.05, 0.1) is 0 Å². The van der Waals surface area contributed by atoms with Crippen LogP contribution in [0.2, 0.25) is 0 Å². The Morgan fingerprint density at radius 3 is 1.94 bits per heavy atom. The molecule has 0 rings (SSSR count). The summed E-state index contributed by atoms with van der Waals surface area (Å²) >= 11 is 0. The van der Waals surface area contributed by atoms with E-state index in [2.05, 4.69) is 10.6 Å². The van der Waals surface area contributed by atoms with Gasteiger partial charge in [-0.05, 0) is 26.2 Å². The van der Waals surface area contributed by atoms with E-state index in [1.165, 1.54) is 6.92 Å². The second-order valence-electron chi connectivity index (χ2n) is 4.00. The van der Waals surface area contributed by atoms with E-state index in [9.17, 15) is 9.59 Å². The van der Waals surface area contributed by atoms with Crippen molar-refractivity contribution in [2.75, 3.05) is 0 Å². The molecular weight excluding hydrogens is 208 g/mol. The Morgan fingerprint density at radius 2 is 1.62 bits per heavy atom. The average Bonchev–Trinajstić information content (AvgIpc) is 2.26. The van der Waals surface area contributed by atoms with E-state index in [0.717, 1.165) is 19.3 Å². The lowest BCUT2D eigenvalue weighted by Crippen LogP contribution is -2.54. The third-order valence-electron chi connectivity index (χ3n) is 3.13. The van der Waals surface area contributed by atoms with Gasteiger partial charge >= 0.3 is 12.0 Å². The minimum absolute atomic E-state index is 0.234. The second-order valence-corrected chi connectivity index (χ2v) is 4.00. The number of carbonyl (C=O) groups is 2. The number of hydrogen-bond donors (Lipinski definition) is 3.